The average Bonchev–Trinajstić information content (AvgIpc) is 2.86. The first-order chi connectivity index (χ1) is 9.76. The molecule has 1 amide bonds. The Labute approximate surface area is 122 Å². The number of morpholine rings is 1. The second kappa shape index (κ2) is 5.72. The van der Waals surface area contributed by atoms with Crippen molar-refractivity contribution >= 4 is 12.1 Å². The number of ether oxygens (including phenoxy) is 2. The lowest BCUT2D eigenvalue weighted by Gasteiger charge is -2.33. The van der Waals surface area contributed by atoms with E-state index in [2.05, 4.69) is 10.2 Å². The average molecular weight is 297 g/mol. The number of hydrogen-bond acceptors (Lipinski definition) is 5. The number of carboxylic acids is 1. The van der Waals surface area contributed by atoms with E-state index in [0.717, 1.165) is 0 Å². The standard InChI is InChI=1S/C13H19N3O5/c1-13(2,3)21-12(19)16-4-5-20-10(7-16)8-6-9(11(17)18)15-14-8/h6,10H,4-5,7H2,1-3H3,(H,14,15)(H,17,18). The van der Waals surface area contributed by atoms with Gasteiger partial charge in [-0.2, -0.15) is 5.10 Å². The molecule has 0 bridgehead atoms. The number of amides is 1. The molecule has 1 atom stereocenters. The van der Waals surface area contributed by atoms with Gasteiger partial charge in [0.2, 0.25) is 0 Å². The summed E-state index contributed by atoms with van der Waals surface area (Å²) in [6.45, 7) is 6.48. The van der Waals surface area contributed by atoms with Gasteiger partial charge >= 0.3 is 12.1 Å². The molecule has 0 radical (unpaired) electrons. The highest BCUT2D eigenvalue weighted by atomic mass is 16.6. The number of carboxylic acid groups (broad SMARTS) is 1. The second-order valence-corrected chi connectivity index (χ2v) is 5.80. The minimum atomic E-state index is -1.11. The Morgan fingerprint density at radius 1 is 1.52 bits per heavy atom. The maximum Gasteiger partial charge on any atom is 0.410 e. The highest BCUT2D eigenvalue weighted by Crippen LogP contribution is 2.22. The number of aromatic amines is 1. The summed E-state index contributed by atoms with van der Waals surface area (Å²) in [4.78, 5) is 24.4. The van der Waals surface area contributed by atoms with Crippen LogP contribution in [0.5, 0.6) is 0 Å². The normalized spacial score (nSPS) is 19.4. The van der Waals surface area contributed by atoms with Crippen LogP contribution in [-0.4, -0.2) is 57.6 Å². The van der Waals surface area contributed by atoms with Crippen molar-refractivity contribution in [3.63, 3.8) is 0 Å². The van der Waals surface area contributed by atoms with Crippen LogP contribution in [0.4, 0.5) is 4.79 Å². The lowest BCUT2D eigenvalue weighted by molar-refractivity contribution is -0.0447. The third kappa shape index (κ3) is 3.94. The van der Waals surface area contributed by atoms with Crippen LogP contribution >= 0.6 is 0 Å². The van der Waals surface area contributed by atoms with Crippen molar-refractivity contribution in [2.75, 3.05) is 19.7 Å². The van der Waals surface area contributed by atoms with Gasteiger partial charge in [-0.15, -0.1) is 0 Å². The quantitative estimate of drug-likeness (QED) is 0.855. The number of nitrogens with one attached hydrogen (secondary N) is 1. The summed E-state index contributed by atoms with van der Waals surface area (Å²) in [5.41, 5.74) is -0.112. The molecular weight excluding hydrogens is 278 g/mol. The number of carbonyl (C=O) groups is 2. The van der Waals surface area contributed by atoms with Crippen LogP contribution < -0.4 is 0 Å². The maximum absolute atomic E-state index is 12.0. The molecule has 8 heteroatoms. The van der Waals surface area contributed by atoms with Gasteiger partial charge in [0.05, 0.1) is 18.8 Å². The van der Waals surface area contributed by atoms with Crippen molar-refractivity contribution in [2.24, 2.45) is 0 Å². The van der Waals surface area contributed by atoms with Crippen LogP contribution in [0.1, 0.15) is 43.1 Å². The van der Waals surface area contributed by atoms with Crippen molar-refractivity contribution in [3.05, 3.63) is 17.5 Å². The minimum Gasteiger partial charge on any atom is -0.476 e. The monoisotopic (exact) mass is 297 g/mol. The molecule has 1 aromatic heterocycles. The number of hydrogen-bond donors (Lipinski definition) is 2. The van der Waals surface area contributed by atoms with Gasteiger partial charge in [0.25, 0.3) is 0 Å². The van der Waals surface area contributed by atoms with E-state index in [4.69, 9.17) is 14.6 Å². The fourth-order valence-electron chi connectivity index (χ4n) is 1.94. The van der Waals surface area contributed by atoms with E-state index < -0.39 is 23.8 Å². The summed E-state index contributed by atoms with van der Waals surface area (Å²) >= 11 is 0. The molecule has 0 aliphatic carbocycles. The van der Waals surface area contributed by atoms with Gasteiger partial charge in [0.15, 0.2) is 5.69 Å². The summed E-state index contributed by atoms with van der Waals surface area (Å²) in [5.74, 6) is -1.11. The van der Waals surface area contributed by atoms with Crippen LogP contribution in [0, 0.1) is 0 Å². The number of nitrogens with zero attached hydrogens (tertiary/aromatic N) is 2. The summed E-state index contributed by atoms with van der Waals surface area (Å²) in [6, 6.07) is 1.41. The topological polar surface area (TPSA) is 105 Å². The van der Waals surface area contributed by atoms with Gasteiger partial charge < -0.3 is 19.5 Å². The highest BCUT2D eigenvalue weighted by molar-refractivity contribution is 5.85. The van der Waals surface area contributed by atoms with Crippen molar-refractivity contribution in [1.29, 1.82) is 0 Å². The Morgan fingerprint density at radius 3 is 2.81 bits per heavy atom. The first-order valence-electron chi connectivity index (χ1n) is 6.64. The summed E-state index contributed by atoms with van der Waals surface area (Å²) in [6.07, 6.45) is -0.847. The molecule has 0 saturated carbocycles. The van der Waals surface area contributed by atoms with Crippen molar-refractivity contribution < 1.29 is 24.2 Å². The van der Waals surface area contributed by atoms with Crippen molar-refractivity contribution in [3.8, 4) is 0 Å². The van der Waals surface area contributed by atoms with E-state index in [1.807, 2.05) is 0 Å². The zero-order valence-corrected chi connectivity index (χ0v) is 12.3. The lowest BCUT2D eigenvalue weighted by Crippen LogP contribution is -2.44. The van der Waals surface area contributed by atoms with Crippen LogP contribution in [-0.2, 0) is 9.47 Å². The van der Waals surface area contributed by atoms with Gasteiger partial charge in [-0.3, -0.25) is 5.10 Å². The molecule has 1 unspecified atom stereocenters. The predicted octanol–water partition coefficient (Wildman–Crippen LogP) is 1.42. The predicted molar refractivity (Wildman–Crippen MR) is 72.0 cm³/mol. The van der Waals surface area contributed by atoms with Gasteiger partial charge in [0, 0.05) is 6.54 Å². The molecule has 116 valence electrons. The summed E-state index contributed by atoms with van der Waals surface area (Å²) in [7, 11) is 0. The number of H-pyrrole nitrogens is 1. The molecular formula is C13H19N3O5. The SMILES string of the molecule is CC(C)(C)OC(=O)N1CCOC(c2cc(C(=O)O)n[nH]2)C1. The smallest absolute Gasteiger partial charge is 0.410 e. The number of carbonyl (C=O) groups excluding carboxylic acids is 1. The molecule has 2 heterocycles. The third-order valence-corrected chi connectivity index (χ3v) is 2.88. The molecule has 1 aromatic rings. The second-order valence-electron chi connectivity index (χ2n) is 5.80. The zero-order chi connectivity index (χ0) is 15.6. The van der Waals surface area contributed by atoms with E-state index >= 15 is 0 Å². The van der Waals surface area contributed by atoms with Crippen LogP contribution in [0.25, 0.3) is 0 Å². The Morgan fingerprint density at radius 2 is 2.24 bits per heavy atom. The summed E-state index contributed by atoms with van der Waals surface area (Å²) in [5, 5.41) is 15.2. The van der Waals surface area contributed by atoms with Crippen LogP contribution in [0.3, 0.4) is 0 Å². The highest BCUT2D eigenvalue weighted by Gasteiger charge is 2.30. The third-order valence-electron chi connectivity index (χ3n) is 2.88. The van der Waals surface area contributed by atoms with Gasteiger partial charge in [-0.05, 0) is 26.8 Å². The van der Waals surface area contributed by atoms with E-state index in [0.29, 0.717) is 18.8 Å². The first kappa shape index (κ1) is 15.3. The molecule has 0 spiro atoms. The molecule has 1 fully saturated rings. The number of aromatic carboxylic acids is 1. The molecule has 2 rings (SSSR count). The Hall–Kier alpha value is -2.09. The van der Waals surface area contributed by atoms with Crippen LogP contribution in [0.2, 0.25) is 0 Å². The van der Waals surface area contributed by atoms with Crippen molar-refractivity contribution in [1.82, 2.24) is 15.1 Å². The van der Waals surface area contributed by atoms with E-state index in [1.165, 1.54) is 6.07 Å². The van der Waals surface area contributed by atoms with Crippen LogP contribution in [0.15, 0.2) is 6.07 Å². The zero-order valence-electron chi connectivity index (χ0n) is 12.3. The lowest BCUT2D eigenvalue weighted by atomic mass is 10.2. The number of rotatable bonds is 2. The molecule has 8 nitrogen and oxygen atoms in total. The Bertz CT molecular complexity index is 534. The number of aromatic nitrogens is 2. The largest absolute Gasteiger partial charge is 0.476 e. The van der Waals surface area contributed by atoms with Gasteiger partial charge in [-0.1, -0.05) is 0 Å². The molecule has 1 aliphatic heterocycles. The molecule has 0 aromatic carbocycles. The fourth-order valence-corrected chi connectivity index (χ4v) is 1.94. The van der Waals surface area contributed by atoms with E-state index in [-0.39, 0.29) is 12.2 Å². The van der Waals surface area contributed by atoms with E-state index in [9.17, 15) is 9.59 Å². The molecule has 1 saturated heterocycles. The fraction of sp³-hybridized carbons (Fsp3) is 0.615. The van der Waals surface area contributed by atoms with Gasteiger partial charge in [0.1, 0.15) is 11.7 Å². The van der Waals surface area contributed by atoms with E-state index in [1.54, 1.807) is 25.7 Å². The summed E-state index contributed by atoms with van der Waals surface area (Å²) < 4.78 is 10.9. The Balaban J connectivity index is 2.03. The molecule has 2 N–H and O–H groups in total. The minimum absolute atomic E-state index is 0.0806. The van der Waals surface area contributed by atoms with Gasteiger partial charge in [-0.25, -0.2) is 9.59 Å². The van der Waals surface area contributed by atoms with Crippen molar-refractivity contribution in [2.45, 2.75) is 32.5 Å². The molecule has 1 aliphatic rings. The molecule has 21 heavy (non-hydrogen) atoms. The maximum atomic E-state index is 12.0. The first-order valence-corrected chi connectivity index (χ1v) is 6.64. The Kier molecular flexibility index (Phi) is 4.17.